The van der Waals surface area contributed by atoms with Gasteiger partial charge in [0.2, 0.25) is 5.91 Å². The smallest absolute Gasteiger partial charge is 0.253 e. The van der Waals surface area contributed by atoms with Gasteiger partial charge in [-0.3, -0.25) is 9.59 Å². The fourth-order valence-corrected chi connectivity index (χ4v) is 4.51. The lowest BCUT2D eigenvalue weighted by molar-refractivity contribution is -0.120. The van der Waals surface area contributed by atoms with Gasteiger partial charge < -0.3 is 15.1 Å². The average molecular weight is 415 g/mol. The van der Waals surface area contributed by atoms with E-state index in [-0.39, 0.29) is 17.7 Å². The van der Waals surface area contributed by atoms with Crippen molar-refractivity contribution in [3.8, 4) is 0 Å². The summed E-state index contributed by atoms with van der Waals surface area (Å²) in [5.41, 5.74) is 2.84. The minimum Gasteiger partial charge on any atom is -0.378 e. The maximum absolute atomic E-state index is 13.0. The number of hydrogen-bond donors (Lipinski definition) is 1. The van der Waals surface area contributed by atoms with Crippen molar-refractivity contribution in [3.63, 3.8) is 0 Å². The number of nitrogens with zero attached hydrogens (tertiary/aromatic N) is 3. The third-order valence-corrected chi connectivity index (χ3v) is 6.34. The van der Waals surface area contributed by atoms with E-state index in [9.17, 15) is 9.59 Å². The van der Waals surface area contributed by atoms with Crippen molar-refractivity contribution in [3.05, 3.63) is 45.9 Å². The lowest BCUT2D eigenvalue weighted by Crippen LogP contribution is -2.39. The summed E-state index contributed by atoms with van der Waals surface area (Å²) in [6, 6.07) is 7.79. The highest BCUT2D eigenvalue weighted by atomic mass is 32.1. The number of amides is 2. The van der Waals surface area contributed by atoms with E-state index in [0.717, 1.165) is 47.8 Å². The maximum Gasteiger partial charge on any atom is 0.253 e. The monoisotopic (exact) mass is 414 g/mol. The number of piperidine rings is 1. The highest BCUT2D eigenvalue weighted by Gasteiger charge is 2.27. The summed E-state index contributed by atoms with van der Waals surface area (Å²) in [7, 11) is 3.98. The summed E-state index contributed by atoms with van der Waals surface area (Å²) in [6.45, 7) is 3.98. The molecule has 1 aliphatic heterocycles. The normalized spacial score (nSPS) is 16.5. The Balaban J connectivity index is 1.59. The Bertz CT molecular complexity index is 832. The van der Waals surface area contributed by atoms with E-state index < -0.39 is 0 Å². The SMILES string of the molecule is CCC(=O)NCCc1csc([C@H]2CCCN(C(=O)c3ccc(N(C)C)cc3)C2)n1. The number of likely N-dealkylation sites (tertiary alicyclic amines) is 1. The summed E-state index contributed by atoms with van der Waals surface area (Å²) < 4.78 is 0. The first-order chi connectivity index (χ1) is 14.0. The third-order valence-electron chi connectivity index (χ3n) is 5.28. The zero-order chi connectivity index (χ0) is 20.8. The standard InChI is InChI=1S/C22H30N4O2S/c1-4-20(27)23-12-11-18-15-29-21(24-18)17-6-5-13-26(14-17)22(28)16-7-9-19(10-8-16)25(2)3/h7-10,15,17H,4-6,11-14H2,1-3H3,(H,23,27)/t17-/m0/s1. The van der Waals surface area contributed by atoms with Crippen molar-refractivity contribution in [2.75, 3.05) is 38.6 Å². The molecule has 0 saturated carbocycles. The van der Waals surface area contributed by atoms with Gasteiger partial charge in [-0.15, -0.1) is 11.3 Å². The van der Waals surface area contributed by atoms with E-state index in [2.05, 4.69) is 10.7 Å². The Kier molecular flexibility index (Phi) is 7.25. The molecule has 156 valence electrons. The first kappa shape index (κ1) is 21.3. The molecule has 29 heavy (non-hydrogen) atoms. The number of thiazole rings is 1. The van der Waals surface area contributed by atoms with Gasteiger partial charge in [0.15, 0.2) is 0 Å². The number of nitrogens with one attached hydrogen (secondary N) is 1. The van der Waals surface area contributed by atoms with Crippen LogP contribution in [0.25, 0.3) is 0 Å². The summed E-state index contributed by atoms with van der Waals surface area (Å²) in [6.07, 6.45) is 3.30. The van der Waals surface area contributed by atoms with E-state index in [1.165, 1.54) is 0 Å². The number of aromatic nitrogens is 1. The summed E-state index contributed by atoms with van der Waals surface area (Å²) >= 11 is 1.67. The van der Waals surface area contributed by atoms with Crippen LogP contribution in [0.2, 0.25) is 0 Å². The minimum atomic E-state index is 0.0699. The number of benzene rings is 1. The summed E-state index contributed by atoms with van der Waals surface area (Å²) in [5.74, 6) is 0.456. The van der Waals surface area contributed by atoms with Crippen LogP contribution >= 0.6 is 11.3 Å². The Hall–Kier alpha value is -2.41. The quantitative estimate of drug-likeness (QED) is 0.755. The molecule has 7 heteroatoms. The molecule has 3 rings (SSSR count). The average Bonchev–Trinajstić information content (AvgIpc) is 3.22. The Morgan fingerprint density at radius 2 is 2.03 bits per heavy atom. The second-order valence-electron chi connectivity index (χ2n) is 7.66. The predicted octanol–water partition coefficient (Wildman–Crippen LogP) is 3.30. The topological polar surface area (TPSA) is 65.5 Å². The van der Waals surface area contributed by atoms with Crippen LogP contribution in [0.15, 0.2) is 29.6 Å². The first-order valence-electron chi connectivity index (χ1n) is 10.3. The van der Waals surface area contributed by atoms with E-state index >= 15 is 0 Å². The number of hydrogen-bond acceptors (Lipinski definition) is 5. The van der Waals surface area contributed by atoms with Crippen molar-refractivity contribution >= 4 is 28.8 Å². The highest BCUT2D eigenvalue weighted by Crippen LogP contribution is 2.30. The molecular formula is C22H30N4O2S. The minimum absolute atomic E-state index is 0.0699. The number of carbonyl (C=O) groups excluding carboxylic acids is 2. The van der Waals surface area contributed by atoms with Gasteiger partial charge in [-0.25, -0.2) is 4.98 Å². The molecule has 2 amide bonds. The predicted molar refractivity (Wildman–Crippen MR) is 118 cm³/mol. The van der Waals surface area contributed by atoms with Crippen LogP contribution in [-0.4, -0.2) is 55.4 Å². The summed E-state index contributed by atoms with van der Waals surface area (Å²) in [4.78, 5) is 33.1. The summed E-state index contributed by atoms with van der Waals surface area (Å²) in [5, 5.41) is 6.07. The lowest BCUT2D eigenvalue weighted by Gasteiger charge is -2.32. The molecule has 0 aliphatic carbocycles. The molecule has 1 aromatic carbocycles. The molecule has 2 heterocycles. The molecule has 1 atom stereocenters. The molecule has 6 nitrogen and oxygen atoms in total. The van der Waals surface area contributed by atoms with Gasteiger partial charge in [0, 0.05) is 69.1 Å². The second-order valence-corrected chi connectivity index (χ2v) is 8.55. The molecule has 1 aromatic heterocycles. The van der Waals surface area contributed by atoms with Crippen LogP contribution in [0, 0.1) is 0 Å². The van der Waals surface area contributed by atoms with Crippen LogP contribution < -0.4 is 10.2 Å². The number of rotatable bonds is 7. The molecule has 1 saturated heterocycles. The van der Waals surface area contributed by atoms with E-state index in [4.69, 9.17) is 4.98 Å². The van der Waals surface area contributed by atoms with Crippen molar-refractivity contribution in [1.82, 2.24) is 15.2 Å². The first-order valence-corrected chi connectivity index (χ1v) is 11.1. The Morgan fingerprint density at radius 3 is 2.72 bits per heavy atom. The van der Waals surface area contributed by atoms with Gasteiger partial charge in [-0.2, -0.15) is 0 Å². The van der Waals surface area contributed by atoms with Crippen LogP contribution in [-0.2, 0) is 11.2 Å². The third kappa shape index (κ3) is 5.56. The van der Waals surface area contributed by atoms with Crippen LogP contribution in [0.3, 0.4) is 0 Å². The maximum atomic E-state index is 13.0. The largest absolute Gasteiger partial charge is 0.378 e. The molecule has 0 unspecified atom stereocenters. The molecule has 0 bridgehead atoms. The Labute approximate surface area is 176 Å². The van der Waals surface area contributed by atoms with Crippen molar-refractivity contribution in [1.29, 1.82) is 0 Å². The van der Waals surface area contributed by atoms with Crippen LogP contribution in [0.5, 0.6) is 0 Å². The number of carbonyl (C=O) groups is 2. The van der Waals surface area contributed by atoms with Gasteiger partial charge in [0.05, 0.1) is 10.7 Å². The fourth-order valence-electron chi connectivity index (χ4n) is 3.53. The number of anilines is 1. The van der Waals surface area contributed by atoms with E-state index in [1.807, 2.05) is 55.1 Å². The van der Waals surface area contributed by atoms with Crippen LogP contribution in [0.4, 0.5) is 5.69 Å². The van der Waals surface area contributed by atoms with Crippen LogP contribution in [0.1, 0.15) is 53.2 Å². The van der Waals surface area contributed by atoms with E-state index in [1.54, 1.807) is 11.3 Å². The van der Waals surface area contributed by atoms with Gasteiger partial charge in [0.25, 0.3) is 5.91 Å². The van der Waals surface area contributed by atoms with Gasteiger partial charge in [-0.05, 0) is 37.1 Å². The molecular weight excluding hydrogens is 384 g/mol. The lowest BCUT2D eigenvalue weighted by atomic mass is 9.98. The van der Waals surface area contributed by atoms with E-state index in [0.29, 0.717) is 19.5 Å². The fraction of sp³-hybridized carbons (Fsp3) is 0.500. The molecule has 1 fully saturated rings. The zero-order valence-corrected chi connectivity index (χ0v) is 18.3. The van der Waals surface area contributed by atoms with Crippen molar-refractivity contribution in [2.24, 2.45) is 0 Å². The van der Waals surface area contributed by atoms with Crippen molar-refractivity contribution < 1.29 is 9.59 Å². The second kappa shape index (κ2) is 9.87. The Morgan fingerprint density at radius 1 is 1.28 bits per heavy atom. The van der Waals surface area contributed by atoms with Gasteiger partial charge in [0.1, 0.15) is 0 Å². The molecule has 0 spiro atoms. The highest BCUT2D eigenvalue weighted by molar-refractivity contribution is 7.09. The van der Waals surface area contributed by atoms with Gasteiger partial charge >= 0.3 is 0 Å². The molecule has 1 N–H and O–H groups in total. The van der Waals surface area contributed by atoms with Gasteiger partial charge in [-0.1, -0.05) is 6.92 Å². The molecule has 1 aliphatic rings. The zero-order valence-electron chi connectivity index (χ0n) is 17.5. The molecule has 0 radical (unpaired) electrons. The van der Waals surface area contributed by atoms with Crippen molar-refractivity contribution in [2.45, 2.75) is 38.5 Å². The molecule has 2 aromatic rings.